The lowest BCUT2D eigenvalue weighted by atomic mass is 9.91. The maximum Gasteiger partial charge on any atom is 0.274 e. The summed E-state index contributed by atoms with van der Waals surface area (Å²) in [7, 11) is 1.61. The van der Waals surface area contributed by atoms with Gasteiger partial charge >= 0.3 is 0 Å². The van der Waals surface area contributed by atoms with Crippen LogP contribution in [0.4, 0.5) is 0 Å². The summed E-state index contributed by atoms with van der Waals surface area (Å²) < 4.78 is 1.30. The van der Waals surface area contributed by atoms with Gasteiger partial charge < -0.3 is 10.3 Å². The number of fused-ring (bicyclic) bond motifs is 2. The molecule has 1 unspecified atom stereocenters. The second-order valence-corrected chi connectivity index (χ2v) is 8.15. The number of carbonyl (C=O) groups is 1. The predicted octanol–water partition coefficient (Wildman–Crippen LogP) is 3.91. The Hall–Kier alpha value is -4.19. The topological polar surface area (TPSA) is 79.8 Å². The first kappa shape index (κ1) is 20.7. The quantitative estimate of drug-likeness (QED) is 0.424. The molecule has 164 valence electrons. The summed E-state index contributed by atoms with van der Waals surface area (Å²) in [6, 6.07) is 25.6. The SMILES string of the molecule is Cn1nc(CC(=O)NCC(c2ccccc2)c2c[nH]c3ccccc23)c2ccccc2c1=O. The zero-order chi connectivity index (χ0) is 22.8. The molecule has 0 spiro atoms. The van der Waals surface area contributed by atoms with Gasteiger partial charge in [-0.1, -0.05) is 66.7 Å². The molecule has 1 amide bonds. The number of aryl methyl sites for hydroxylation is 1. The van der Waals surface area contributed by atoms with E-state index in [4.69, 9.17) is 0 Å². The van der Waals surface area contributed by atoms with Crippen LogP contribution in [0, 0.1) is 0 Å². The molecule has 5 rings (SSSR count). The first-order valence-electron chi connectivity index (χ1n) is 10.9. The number of H-pyrrole nitrogens is 1. The molecule has 6 heteroatoms. The lowest BCUT2D eigenvalue weighted by Crippen LogP contribution is -2.31. The summed E-state index contributed by atoms with van der Waals surface area (Å²) in [4.78, 5) is 28.7. The lowest BCUT2D eigenvalue weighted by Gasteiger charge is -2.18. The number of hydrogen-bond donors (Lipinski definition) is 2. The van der Waals surface area contributed by atoms with E-state index in [9.17, 15) is 9.59 Å². The summed E-state index contributed by atoms with van der Waals surface area (Å²) in [5.41, 5.74) is 3.77. The Bertz CT molecular complexity index is 1500. The zero-order valence-electron chi connectivity index (χ0n) is 18.3. The molecule has 33 heavy (non-hydrogen) atoms. The summed E-state index contributed by atoms with van der Waals surface area (Å²) in [6.07, 6.45) is 2.13. The molecule has 0 radical (unpaired) electrons. The third-order valence-corrected chi connectivity index (χ3v) is 6.06. The van der Waals surface area contributed by atoms with E-state index in [1.54, 1.807) is 13.1 Å². The van der Waals surface area contributed by atoms with Gasteiger partial charge in [0.1, 0.15) is 0 Å². The van der Waals surface area contributed by atoms with Gasteiger partial charge in [-0.2, -0.15) is 5.10 Å². The van der Waals surface area contributed by atoms with Crippen molar-refractivity contribution in [2.24, 2.45) is 7.05 Å². The molecule has 2 heterocycles. The molecular formula is C27H24N4O2. The fourth-order valence-electron chi connectivity index (χ4n) is 4.41. The van der Waals surface area contributed by atoms with Gasteiger partial charge in [0.25, 0.3) is 5.56 Å². The molecule has 0 bridgehead atoms. The van der Waals surface area contributed by atoms with Crippen molar-refractivity contribution in [3.63, 3.8) is 0 Å². The molecule has 0 aliphatic rings. The van der Waals surface area contributed by atoms with Crippen molar-refractivity contribution in [2.45, 2.75) is 12.3 Å². The lowest BCUT2D eigenvalue weighted by molar-refractivity contribution is -0.120. The van der Waals surface area contributed by atoms with Gasteiger partial charge in [-0.15, -0.1) is 0 Å². The largest absolute Gasteiger partial charge is 0.361 e. The minimum atomic E-state index is -0.168. The Balaban J connectivity index is 1.42. The van der Waals surface area contributed by atoms with Crippen molar-refractivity contribution in [2.75, 3.05) is 6.54 Å². The van der Waals surface area contributed by atoms with Crippen LogP contribution in [0.2, 0.25) is 0 Å². The Morgan fingerprint density at radius 3 is 2.39 bits per heavy atom. The molecule has 2 N–H and O–H groups in total. The van der Waals surface area contributed by atoms with Crippen molar-refractivity contribution in [3.05, 3.63) is 112 Å². The average Bonchev–Trinajstić information content (AvgIpc) is 3.27. The Labute approximate surface area is 190 Å². The number of hydrogen-bond acceptors (Lipinski definition) is 3. The van der Waals surface area contributed by atoms with Crippen molar-refractivity contribution >= 4 is 27.6 Å². The number of nitrogens with zero attached hydrogens (tertiary/aromatic N) is 2. The van der Waals surface area contributed by atoms with Gasteiger partial charge in [-0.3, -0.25) is 9.59 Å². The van der Waals surface area contributed by atoms with E-state index in [0.717, 1.165) is 22.0 Å². The van der Waals surface area contributed by atoms with Crippen molar-refractivity contribution in [1.29, 1.82) is 0 Å². The third kappa shape index (κ3) is 4.03. The van der Waals surface area contributed by atoms with Gasteiger partial charge in [0.15, 0.2) is 0 Å². The van der Waals surface area contributed by atoms with E-state index in [1.807, 2.05) is 54.7 Å². The van der Waals surface area contributed by atoms with Crippen LogP contribution in [0.1, 0.15) is 22.7 Å². The number of nitrogens with one attached hydrogen (secondary N) is 2. The summed E-state index contributed by atoms with van der Waals surface area (Å²) in [5.74, 6) is -0.136. The predicted molar refractivity (Wildman–Crippen MR) is 130 cm³/mol. The fraction of sp³-hybridized carbons (Fsp3) is 0.148. The van der Waals surface area contributed by atoms with E-state index < -0.39 is 0 Å². The standard InChI is InChI=1S/C27H24N4O2/c1-31-27(33)21-13-6-5-11-19(21)25(30-31)15-26(32)29-16-22(18-9-3-2-4-10-18)23-17-28-24-14-8-7-12-20(23)24/h2-14,17,22,28H,15-16H2,1H3,(H,29,32). The number of rotatable bonds is 6. The first-order valence-corrected chi connectivity index (χ1v) is 10.9. The number of benzene rings is 3. The number of aromatic amines is 1. The van der Waals surface area contributed by atoms with Crippen LogP contribution in [-0.2, 0) is 18.3 Å². The molecule has 1 atom stereocenters. The highest BCUT2D eigenvalue weighted by Crippen LogP contribution is 2.30. The zero-order valence-corrected chi connectivity index (χ0v) is 18.3. The molecule has 0 aliphatic heterocycles. The van der Waals surface area contributed by atoms with E-state index in [1.165, 1.54) is 4.68 Å². The van der Waals surface area contributed by atoms with Crippen LogP contribution in [0.25, 0.3) is 21.7 Å². The fourth-order valence-corrected chi connectivity index (χ4v) is 4.41. The minimum absolute atomic E-state index is 0.00358. The van der Waals surface area contributed by atoms with Gasteiger partial charge in [0.2, 0.25) is 5.91 Å². The van der Waals surface area contributed by atoms with Crippen molar-refractivity contribution < 1.29 is 4.79 Å². The normalized spacial score (nSPS) is 12.2. The maximum atomic E-state index is 13.0. The molecule has 0 saturated heterocycles. The van der Waals surface area contributed by atoms with Crippen molar-refractivity contribution in [3.8, 4) is 0 Å². The average molecular weight is 437 g/mol. The van der Waals surface area contributed by atoms with Gasteiger partial charge in [0, 0.05) is 42.0 Å². The van der Waals surface area contributed by atoms with Gasteiger partial charge in [-0.25, -0.2) is 4.68 Å². The van der Waals surface area contributed by atoms with E-state index in [2.05, 4.69) is 39.7 Å². The Morgan fingerprint density at radius 1 is 0.939 bits per heavy atom. The highest BCUT2D eigenvalue weighted by Gasteiger charge is 2.20. The van der Waals surface area contributed by atoms with Crippen molar-refractivity contribution in [1.82, 2.24) is 20.1 Å². The van der Waals surface area contributed by atoms with Gasteiger partial charge in [0.05, 0.1) is 17.5 Å². The number of para-hydroxylation sites is 1. The molecule has 3 aromatic carbocycles. The first-order chi connectivity index (χ1) is 16.1. The second-order valence-electron chi connectivity index (χ2n) is 8.15. The van der Waals surface area contributed by atoms with Gasteiger partial charge in [-0.05, 0) is 23.3 Å². The maximum absolute atomic E-state index is 13.0. The van der Waals surface area contributed by atoms with Crippen LogP contribution in [-0.4, -0.2) is 27.2 Å². The minimum Gasteiger partial charge on any atom is -0.361 e. The smallest absolute Gasteiger partial charge is 0.274 e. The molecule has 0 fully saturated rings. The number of aromatic nitrogens is 3. The van der Waals surface area contributed by atoms with E-state index >= 15 is 0 Å². The molecule has 5 aromatic rings. The second kappa shape index (κ2) is 8.74. The number of carbonyl (C=O) groups excluding carboxylic acids is 1. The molecule has 2 aromatic heterocycles. The van der Waals surface area contributed by atoms with Crippen LogP contribution in [0.15, 0.2) is 89.9 Å². The van der Waals surface area contributed by atoms with Crippen LogP contribution >= 0.6 is 0 Å². The molecule has 0 aliphatic carbocycles. The number of amides is 1. The molecule has 6 nitrogen and oxygen atoms in total. The highest BCUT2D eigenvalue weighted by molar-refractivity contribution is 5.88. The van der Waals surface area contributed by atoms with Crippen LogP contribution in [0.3, 0.4) is 0 Å². The van der Waals surface area contributed by atoms with Crippen LogP contribution < -0.4 is 10.9 Å². The van der Waals surface area contributed by atoms with E-state index in [0.29, 0.717) is 23.0 Å². The highest BCUT2D eigenvalue weighted by atomic mass is 16.1. The molecular weight excluding hydrogens is 412 g/mol. The monoisotopic (exact) mass is 436 g/mol. The Kier molecular flexibility index (Phi) is 5.48. The summed E-state index contributed by atoms with van der Waals surface area (Å²) >= 11 is 0. The van der Waals surface area contributed by atoms with E-state index in [-0.39, 0.29) is 23.8 Å². The van der Waals surface area contributed by atoms with Crippen LogP contribution in [0.5, 0.6) is 0 Å². The molecule has 0 saturated carbocycles. The summed E-state index contributed by atoms with van der Waals surface area (Å²) in [6.45, 7) is 0.453. The Morgan fingerprint density at radius 2 is 1.61 bits per heavy atom. The summed E-state index contributed by atoms with van der Waals surface area (Å²) in [5, 5.41) is 9.88. The third-order valence-electron chi connectivity index (χ3n) is 6.06.